The maximum absolute atomic E-state index is 12.8. The summed E-state index contributed by atoms with van der Waals surface area (Å²) in [5.74, 6) is 0.543. The van der Waals surface area contributed by atoms with Crippen molar-refractivity contribution in [1.29, 1.82) is 0 Å². The summed E-state index contributed by atoms with van der Waals surface area (Å²) in [7, 11) is -4.23. The smallest absolute Gasteiger partial charge is 0.333 e. The number of sulfonamides is 1. The van der Waals surface area contributed by atoms with Crippen molar-refractivity contribution in [1.82, 2.24) is 14.7 Å². The lowest BCUT2D eigenvalue weighted by Gasteiger charge is -2.27. The molecule has 1 saturated heterocycles. The highest BCUT2D eigenvalue weighted by atomic mass is 35.5. The van der Waals surface area contributed by atoms with E-state index in [4.69, 9.17) is 16.3 Å². The molecule has 2 N–H and O–H groups in total. The van der Waals surface area contributed by atoms with Gasteiger partial charge in [0.15, 0.2) is 5.03 Å². The number of amides is 2. The van der Waals surface area contributed by atoms with Crippen molar-refractivity contribution < 1.29 is 17.9 Å². The first-order valence-electron chi connectivity index (χ1n) is 10.4. The fraction of sp³-hybridized carbons (Fsp3) is 0.476. The Bertz CT molecular complexity index is 1060. The van der Waals surface area contributed by atoms with E-state index in [1.165, 1.54) is 6.20 Å². The summed E-state index contributed by atoms with van der Waals surface area (Å²) in [6, 6.07) is 2.67. The van der Waals surface area contributed by atoms with E-state index in [-0.39, 0.29) is 16.9 Å². The van der Waals surface area contributed by atoms with Gasteiger partial charge in [-0.1, -0.05) is 39.3 Å². The van der Waals surface area contributed by atoms with E-state index < -0.39 is 16.1 Å². The number of nitrogens with one attached hydrogen (secondary N) is 2. The summed E-state index contributed by atoms with van der Waals surface area (Å²) in [6.07, 6.45) is 2.60. The monoisotopic (exact) mass is 481 g/mol. The summed E-state index contributed by atoms with van der Waals surface area (Å²) in [5, 5.41) is 2.94. The molecule has 2 aromatic rings. The number of aromatic nitrogens is 2. The number of nitrogens with zero attached hydrogens (tertiary/aromatic N) is 3. The molecule has 2 heterocycles. The Morgan fingerprint density at radius 2 is 1.69 bits per heavy atom. The predicted octanol–water partition coefficient (Wildman–Crippen LogP) is 3.72. The van der Waals surface area contributed by atoms with Crippen LogP contribution in [0.2, 0.25) is 5.02 Å². The molecular formula is C21H28ClN5O4S. The largest absolute Gasteiger partial charge is 0.378 e. The second-order valence-electron chi connectivity index (χ2n) is 8.14. The van der Waals surface area contributed by atoms with Gasteiger partial charge in [0, 0.05) is 23.8 Å². The first-order chi connectivity index (χ1) is 15.1. The van der Waals surface area contributed by atoms with Crippen molar-refractivity contribution in [2.45, 2.75) is 44.6 Å². The molecule has 0 atom stereocenters. The highest BCUT2D eigenvalue weighted by Crippen LogP contribution is 2.35. The summed E-state index contributed by atoms with van der Waals surface area (Å²) in [5.41, 5.74) is 2.20. The van der Waals surface area contributed by atoms with E-state index in [1.54, 1.807) is 12.1 Å². The number of carbonyl (C=O) groups is 1. The first-order valence-corrected chi connectivity index (χ1v) is 12.3. The van der Waals surface area contributed by atoms with E-state index in [2.05, 4.69) is 15.3 Å². The third-order valence-electron chi connectivity index (χ3n) is 5.08. The Kier molecular flexibility index (Phi) is 7.58. The first kappa shape index (κ1) is 24.2. The van der Waals surface area contributed by atoms with Crippen LogP contribution in [0.4, 0.5) is 16.3 Å². The Balaban J connectivity index is 1.83. The van der Waals surface area contributed by atoms with Gasteiger partial charge in [-0.2, -0.15) is 8.42 Å². The number of rotatable bonds is 6. The molecule has 9 nitrogen and oxygen atoms in total. The van der Waals surface area contributed by atoms with Crippen molar-refractivity contribution in [3.8, 4) is 0 Å². The van der Waals surface area contributed by atoms with Gasteiger partial charge in [0.1, 0.15) is 5.82 Å². The number of halogens is 1. The minimum absolute atomic E-state index is 0.0641. The molecule has 11 heteroatoms. The van der Waals surface area contributed by atoms with Gasteiger partial charge in [-0.25, -0.2) is 14.5 Å². The maximum atomic E-state index is 12.8. The zero-order chi connectivity index (χ0) is 23.5. The fourth-order valence-corrected chi connectivity index (χ4v) is 4.48. The van der Waals surface area contributed by atoms with Gasteiger partial charge >= 0.3 is 6.03 Å². The van der Waals surface area contributed by atoms with E-state index in [0.29, 0.717) is 42.8 Å². The molecule has 0 aliphatic carbocycles. The van der Waals surface area contributed by atoms with Gasteiger partial charge in [0.2, 0.25) is 0 Å². The highest BCUT2D eigenvalue weighted by molar-refractivity contribution is 7.90. The van der Waals surface area contributed by atoms with E-state index >= 15 is 0 Å². The highest BCUT2D eigenvalue weighted by Gasteiger charge is 2.24. The van der Waals surface area contributed by atoms with Crippen molar-refractivity contribution in [2.24, 2.45) is 0 Å². The third-order valence-corrected chi connectivity index (χ3v) is 6.50. The Hall–Kier alpha value is -2.43. The third kappa shape index (κ3) is 5.67. The van der Waals surface area contributed by atoms with Gasteiger partial charge in [-0.3, -0.25) is 4.98 Å². The molecule has 0 saturated carbocycles. The topological polar surface area (TPSA) is 114 Å². The van der Waals surface area contributed by atoms with Crippen molar-refractivity contribution in [3.05, 3.63) is 40.7 Å². The normalized spacial score (nSPS) is 14.7. The number of morpholine rings is 1. The minimum Gasteiger partial charge on any atom is -0.378 e. The van der Waals surface area contributed by atoms with Crippen LogP contribution in [0, 0.1) is 0 Å². The molecular weight excluding hydrogens is 454 g/mol. The van der Waals surface area contributed by atoms with Crippen LogP contribution in [0.25, 0.3) is 0 Å². The Morgan fingerprint density at radius 3 is 2.25 bits per heavy atom. The quantitative estimate of drug-likeness (QED) is 0.646. The van der Waals surface area contributed by atoms with Gasteiger partial charge in [-0.05, 0) is 35.1 Å². The van der Waals surface area contributed by atoms with E-state index in [9.17, 15) is 13.2 Å². The molecule has 0 unspecified atom stereocenters. The van der Waals surface area contributed by atoms with Gasteiger partial charge in [-0.15, -0.1) is 0 Å². The Labute approximate surface area is 193 Å². The molecule has 1 aliphatic rings. The molecule has 0 radical (unpaired) electrons. The SMILES string of the molecule is CC(C)c1cc(Cl)cc(C(C)C)c1NC(=O)NS(=O)(=O)c1cncc(N2CCOCC2)n1. The van der Waals surface area contributed by atoms with Crippen LogP contribution < -0.4 is 14.9 Å². The number of ether oxygens (including phenoxy) is 1. The Morgan fingerprint density at radius 1 is 1.09 bits per heavy atom. The average Bonchev–Trinajstić information content (AvgIpc) is 2.74. The zero-order valence-electron chi connectivity index (χ0n) is 18.6. The number of hydrogen-bond donors (Lipinski definition) is 2. The lowest BCUT2D eigenvalue weighted by atomic mass is 9.92. The molecule has 0 bridgehead atoms. The van der Waals surface area contributed by atoms with Crippen LogP contribution in [-0.4, -0.2) is 50.7 Å². The van der Waals surface area contributed by atoms with Crippen LogP contribution in [-0.2, 0) is 14.8 Å². The number of benzene rings is 1. The number of anilines is 2. The standard InChI is InChI=1S/C21H28ClN5O4S/c1-13(2)16-9-15(22)10-17(14(3)4)20(16)25-21(28)26-32(29,30)19-12-23-11-18(24-19)27-5-7-31-8-6-27/h9-14H,5-8H2,1-4H3,(H2,25,26,28). The van der Waals surface area contributed by atoms with Crippen LogP contribution in [0.15, 0.2) is 29.6 Å². The van der Waals surface area contributed by atoms with Crippen LogP contribution >= 0.6 is 11.6 Å². The average molecular weight is 482 g/mol. The van der Waals surface area contributed by atoms with Gasteiger partial charge < -0.3 is 15.0 Å². The van der Waals surface area contributed by atoms with E-state index in [1.807, 2.05) is 37.3 Å². The lowest BCUT2D eigenvalue weighted by Crippen LogP contribution is -2.38. The van der Waals surface area contributed by atoms with Crippen LogP contribution in [0.1, 0.15) is 50.7 Å². The van der Waals surface area contributed by atoms with E-state index in [0.717, 1.165) is 17.3 Å². The molecule has 32 heavy (non-hydrogen) atoms. The summed E-state index contributed by atoms with van der Waals surface area (Å²) >= 11 is 6.26. The van der Waals surface area contributed by atoms with Crippen molar-refractivity contribution >= 4 is 39.2 Å². The molecule has 2 amide bonds. The second-order valence-corrected chi connectivity index (χ2v) is 10.2. The molecule has 3 rings (SSSR count). The number of carbonyl (C=O) groups excluding carboxylic acids is 1. The maximum Gasteiger partial charge on any atom is 0.333 e. The second kappa shape index (κ2) is 10.0. The van der Waals surface area contributed by atoms with Crippen molar-refractivity contribution in [3.63, 3.8) is 0 Å². The predicted molar refractivity (Wildman–Crippen MR) is 124 cm³/mol. The van der Waals surface area contributed by atoms with Gasteiger partial charge in [0.25, 0.3) is 10.0 Å². The molecule has 1 aromatic carbocycles. The fourth-order valence-electron chi connectivity index (χ4n) is 3.43. The zero-order valence-corrected chi connectivity index (χ0v) is 20.1. The van der Waals surface area contributed by atoms with Crippen molar-refractivity contribution in [2.75, 3.05) is 36.5 Å². The van der Waals surface area contributed by atoms with Crippen LogP contribution in [0.3, 0.4) is 0 Å². The summed E-state index contributed by atoms with van der Waals surface area (Å²) in [6.45, 7) is 10.1. The molecule has 1 aliphatic heterocycles. The number of urea groups is 1. The van der Waals surface area contributed by atoms with Crippen LogP contribution in [0.5, 0.6) is 0 Å². The molecule has 174 valence electrons. The molecule has 0 spiro atoms. The molecule has 1 fully saturated rings. The summed E-state index contributed by atoms with van der Waals surface area (Å²) in [4.78, 5) is 22.8. The van der Waals surface area contributed by atoms with Gasteiger partial charge in [0.05, 0.1) is 25.6 Å². The lowest BCUT2D eigenvalue weighted by molar-refractivity contribution is 0.122. The molecule has 1 aromatic heterocycles. The summed E-state index contributed by atoms with van der Waals surface area (Å²) < 4.78 is 33.0. The number of hydrogen-bond acceptors (Lipinski definition) is 7. The minimum atomic E-state index is -4.23.